The molecule has 4 heterocycles. The second-order valence-electron chi connectivity index (χ2n) is 14.4. The molecule has 0 atom stereocenters. The topological polar surface area (TPSA) is 157 Å². The van der Waals surface area contributed by atoms with Crippen LogP contribution in [0, 0.1) is 40.8 Å². The predicted molar refractivity (Wildman–Crippen MR) is 219 cm³/mol. The summed E-state index contributed by atoms with van der Waals surface area (Å²) in [7, 11) is -7.17. The van der Waals surface area contributed by atoms with Gasteiger partial charge in [0.1, 0.15) is 13.1 Å². The van der Waals surface area contributed by atoms with Crippen molar-refractivity contribution in [3.63, 3.8) is 0 Å². The molecule has 0 bridgehead atoms. The van der Waals surface area contributed by atoms with Gasteiger partial charge < -0.3 is 19.0 Å². The number of esters is 1. The largest absolute Gasteiger partial charge is 0.480 e. The van der Waals surface area contributed by atoms with E-state index in [0.717, 1.165) is 36.9 Å². The summed E-state index contributed by atoms with van der Waals surface area (Å²) in [5.41, 5.74) is 6.29. The quantitative estimate of drug-likeness (QED) is 0.115. The van der Waals surface area contributed by atoms with Crippen LogP contribution < -0.4 is 0 Å². The molecule has 0 radical (unpaired) electrons. The number of hydrogen-bond donors (Lipinski definition) is 1. The lowest BCUT2D eigenvalue weighted by atomic mass is 10.0. The Balaban J connectivity index is 0.000000221. The van der Waals surface area contributed by atoms with Crippen molar-refractivity contribution in [2.45, 2.75) is 96.0 Å². The van der Waals surface area contributed by atoms with Crippen LogP contribution in [0.25, 0.3) is 9.69 Å². The van der Waals surface area contributed by atoms with Crippen molar-refractivity contribution < 1.29 is 36.3 Å². The van der Waals surface area contributed by atoms with Gasteiger partial charge >= 0.3 is 11.9 Å². The number of hydrogen-bond acceptors (Lipinski definition) is 7. The second-order valence-corrected chi connectivity index (χ2v) is 18.2. The third kappa shape index (κ3) is 9.06. The maximum Gasteiger partial charge on any atom is 0.325 e. The Morgan fingerprint density at radius 1 is 0.655 bits per heavy atom. The average Bonchev–Trinajstić information content (AvgIpc) is 4.01. The molecule has 1 N–H and O–H groups in total. The fraction of sp³-hybridized carbons (Fsp3) is 0.429. The van der Waals surface area contributed by atoms with Gasteiger partial charge in [0.05, 0.1) is 29.5 Å². The summed E-state index contributed by atoms with van der Waals surface area (Å²) in [5.74, 6) is -1.35. The number of rotatable bonds is 13. The Kier molecular flexibility index (Phi) is 14.0. The van der Waals surface area contributed by atoms with Crippen LogP contribution in [0.15, 0.2) is 58.3 Å². The van der Waals surface area contributed by atoms with E-state index in [2.05, 4.69) is 9.69 Å². The van der Waals surface area contributed by atoms with Crippen LogP contribution in [-0.2, 0) is 60.3 Å². The van der Waals surface area contributed by atoms with E-state index in [1.807, 2.05) is 13.0 Å². The normalized spacial score (nSPS) is 14.7. The van der Waals surface area contributed by atoms with Crippen molar-refractivity contribution in [2.75, 3.05) is 32.8 Å². The van der Waals surface area contributed by atoms with Crippen molar-refractivity contribution in [1.82, 2.24) is 17.7 Å². The number of aliphatic carboxylic acids is 1. The van der Waals surface area contributed by atoms with E-state index in [1.54, 1.807) is 79.3 Å². The lowest BCUT2D eigenvalue weighted by Gasteiger charge is -2.18. The highest BCUT2D eigenvalue weighted by Crippen LogP contribution is 2.36. The van der Waals surface area contributed by atoms with Crippen LogP contribution in [-0.4, -0.2) is 84.4 Å². The molecule has 6 rings (SSSR count). The summed E-state index contributed by atoms with van der Waals surface area (Å²) in [4.78, 5) is 31.0. The number of benzene rings is 2. The van der Waals surface area contributed by atoms with Crippen LogP contribution in [0.1, 0.15) is 77.6 Å². The van der Waals surface area contributed by atoms with E-state index in [1.165, 1.54) is 8.61 Å². The predicted octanol–water partition coefficient (Wildman–Crippen LogP) is 6.71. The minimum atomic E-state index is -3.59. The molecule has 2 aromatic carbocycles. The van der Waals surface area contributed by atoms with Crippen molar-refractivity contribution >= 4 is 43.4 Å². The van der Waals surface area contributed by atoms with E-state index < -0.39 is 26.0 Å². The van der Waals surface area contributed by atoms with Crippen LogP contribution in [0.3, 0.4) is 0 Å². The van der Waals surface area contributed by atoms with Gasteiger partial charge in [-0.2, -0.15) is 8.61 Å². The van der Waals surface area contributed by atoms with Crippen molar-refractivity contribution in [2.24, 2.45) is 0 Å². The number of nitrogens with zero attached hydrogens (tertiary/aromatic N) is 6. The van der Waals surface area contributed by atoms with Crippen molar-refractivity contribution in [3.8, 4) is 0 Å². The second kappa shape index (κ2) is 18.6. The molecule has 14 nitrogen and oxygen atoms in total. The zero-order valence-electron chi connectivity index (χ0n) is 33.6. The molecule has 2 aliphatic heterocycles. The number of carbonyl (C=O) groups is 2. The van der Waals surface area contributed by atoms with Gasteiger partial charge in [0.15, 0.2) is 0 Å². The van der Waals surface area contributed by atoms with Gasteiger partial charge in [-0.15, -0.1) is 0 Å². The number of carbonyl (C=O) groups excluding carboxylic acids is 1. The summed E-state index contributed by atoms with van der Waals surface area (Å²) in [6.07, 6.45) is 4.04. The third-order valence-electron chi connectivity index (χ3n) is 10.9. The van der Waals surface area contributed by atoms with Crippen molar-refractivity contribution in [1.29, 1.82) is 0 Å². The lowest BCUT2D eigenvalue weighted by Crippen LogP contribution is -2.28. The smallest absolute Gasteiger partial charge is 0.325 e. The summed E-state index contributed by atoms with van der Waals surface area (Å²) in [6, 6.07) is 13.8. The molecule has 0 spiro atoms. The van der Waals surface area contributed by atoms with Crippen LogP contribution >= 0.6 is 0 Å². The molecular weight excluding hydrogens is 781 g/mol. The number of sulfonamides is 2. The summed E-state index contributed by atoms with van der Waals surface area (Å²) in [5, 5.41) is 9.17. The van der Waals surface area contributed by atoms with Gasteiger partial charge in [-0.1, -0.05) is 36.4 Å². The van der Waals surface area contributed by atoms with Gasteiger partial charge in [0, 0.05) is 49.0 Å². The SMILES string of the molecule is [C-]#[N+]c1c(Cc2ccccc2S(=O)(=O)N2CCCC2)c(C)n(CC(=O)O)c1C.[C-]#[N+]c1c(Cc2ccccc2S(=O)(=O)N2CCCC2)c(C)n(CC(=O)OCC)c1C. The van der Waals surface area contributed by atoms with E-state index in [9.17, 15) is 26.4 Å². The Labute approximate surface area is 341 Å². The van der Waals surface area contributed by atoms with Gasteiger partial charge in [-0.3, -0.25) is 9.59 Å². The Morgan fingerprint density at radius 2 is 1.03 bits per heavy atom. The molecule has 0 unspecified atom stereocenters. The number of carboxylic acids is 1. The van der Waals surface area contributed by atoms with E-state index in [-0.39, 0.29) is 35.3 Å². The first-order valence-electron chi connectivity index (χ1n) is 19.2. The summed E-state index contributed by atoms with van der Waals surface area (Å²) < 4.78 is 64.0. The molecule has 16 heteroatoms. The molecule has 0 saturated carbocycles. The standard InChI is InChI=1S/C22H27N3O4S.C20H23N3O4S/c1-5-29-21(26)15-25-16(2)19(22(23-4)17(25)3)14-18-10-6-7-11-20(18)30(27,28)24-12-8-9-13-24;1-14-17(20(21-3)15(2)23(14)13-19(24)25)12-16-8-4-5-9-18(16)28(26,27)22-10-6-7-11-22/h6-7,10-11H,5,8-9,12-15H2,1-3H3;4-5,8-9H,6-7,10-13H2,1-2H3,(H,24,25). The highest BCUT2D eigenvalue weighted by molar-refractivity contribution is 7.89. The minimum absolute atomic E-state index is 0.0295. The third-order valence-corrected chi connectivity index (χ3v) is 14.9. The molecule has 0 aliphatic carbocycles. The van der Waals surface area contributed by atoms with Gasteiger partial charge in [0.25, 0.3) is 0 Å². The van der Waals surface area contributed by atoms with E-state index in [0.29, 0.717) is 84.4 Å². The average molecular weight is 831 g/mol. The van der Waals surface area contributed by atoms with Gasteiger partial charge in [-0.05, 0) is 108 Å². The fourth-order valence-corrected chi connectivity index (χ4v) is 11.3. The van der Waals surface area contributed by atoms with E-state index >= 15 is 0 Å². The summed E-state index contributed by atoms with van der Waals surface area (Å²) in [6.45, 7) is 26.3. The van der Waals surface area contributed by atoms with Gasteiger partial charge in [-0.25, -0.2) is 26.5 Å². The zero-order chi connectivity index (χ0) is 42.4. The zero-order valence-corrected chi connectivity index (χ0v) is 35.2. The minimum Gasteiger partial charge on any atom is -0.480 e. The maximum absolute atomic E-state index is 13.2. The molecule has 2 saturated heterocycles. The molecule has 4 aromatic rings. The highest BCUT2D eigenvalue weighted by Gasteiger charge is 2.31. The molecule has 308 valence electrons. The molecule has 58 heavy (non-hydrogen) atoms. The molecule has 2 fully saturated rings. The first-order valence-corrected chi connectivity index (χ1v) is 22.1. The number of carboxylic acid groups (broad SMARTS) is 1. The Morgan fingerprint density at radius 3 is 1.40 bits per heavy atom. The lowest BCUT2D eigenvalue weighted by molar-refractivity contribution is -0.144. The number of aromatic nitrogens is 2. The molecule has 2 aromatic heterocycles. The molecule has 0 amide bonds. The first-order chi connectivity index (χ1) is 27.6. The van der Waals surface area contributed by atoms with Crippen LogP contribution in [0.4, 0.5) is 11.4 Å². The Hall–Kier alpha value is -5.26. The fourth-order valence-electron chi connectivity index (χ4n) is 7.85. The van der Waals surface area contributed by atoms with Gasteiger partial charge in [0.2, 0.25) is 31.4 Å². The van der Waals surface area contributed by atoms with Crippen molar-refractivity contribution in [3.05, 3.63) is 116 Å². The maximum atomic E-state index is 13.2. The van der Waals surface area contributed by atoms with Crippen LogP contribution in [0.5, 0.6) is 0 Å². The Bertz CT molecular complexity index is 2500. The molecule has 2 aliphatic rings. The first kappa shape index (κ1) is 43.9. The number of ether oxygens (including phenoxy) is 1. The monoisotopic (exact) mass is 830 g/mol. The van der Waals surface area contributed by atoms with E-state index in [4.69, 9.17) is 23.0 Å². The molecular formula is C42H50N6O8S2. The highest BCUT2D eigenvalue weighted by atomic mass is 32.2. The summed E-state index contributed by atoms with van der Waals surface area (Å²) >= 11 is 0. The van der Waals surface area contributed by atoms with Crippen LogP contribution in [0.2, 0.25) is 0 Å².